The Labute approximate surface area is 165 Å². The van der Waals surface area contributed by atoms with Gasteiger partial charge in [0.1, 0.15) is 0 Å². The molecule has 0 fully saturated rings. The minimum atomic E-state index is -3.75. The number of carbonyl (C=O) groups excluding carboxylic acids is 1. The number of carboxylic acids is 2. The van der Waals surface area contributed by atoms with Crippen molar-refractivity contribution in [2.45, 2.75) is 18.2 Å². The molecule has 1 aliphatic carbocycles. The van der Waals surface area contributed by atoms with Crippen LogP contribution in [-0.4, -0.2) is 36.5 Å². The number of amides is 1. The fourth-order valence-electron chi connectivity index (χ4n) is 2.44. The van der Waals surface area contributed by atoms with Gasteiger partial charge in [0.2, 0.25) is 10.0 Å². The maximum atomic E-state index is 11.1. The van der Waals surface area contributed by atoms with Crippen molar-refractivity contribution in [2.75, 3.05) is 0 Å². The van der Waals surface area contributed by atoms with E-state index in [1.165, 1.54) is 49.4 Å². The Balaban J connectivity index is 0.000000212. The van der Waals surface area contributed by atoms with Crippen LogP contribution in [0, 0.1) is 5.41 Å². The molecule has 1 amide bonds. The van der Waals surface area contributed by atoms with Crippen LogP contribution >= 0.6 is 0 Å². The zero-order valence-corrected chi connectivity index (χ0v) is 16.0. The molecule has 0 saturated heterocycles. The molecule has 1 unspecified atom stereocenters. The predicted molar refractivity (Wildman–Crippen MR) is 101 cm³/mol. The molecule has 0 radical (unpaired) electrons. The lowest BCUT2D eigenvalue weighted by molar-refractivity contribution is -0.145. The highest BCUT2D eigenvalue weighted by molar-refractivity contribution is 7.89. The number of azo groups is 1. The first-order chi connectivity index (χ1) is 13.4. The average Bonchev–Trinajstić information content (AvgIpc) is 3.08. The minimum absolute atomic E-state index is 0.0274. The maximum absolute atomic E-state index is 11.1. The molecule has 0 saturated carbocycles. The van der Waals surface area contributed by atoms with Crippen molar-refractivity contribution < 1.29 is 33.0 Å². The molecule has 0 aromatic heterocycles. The first kappa shape index (κ1) is 21.9. The summed E-state index contributed by atoms with van der Waals surface area (Å²) in [6, 6.07) is 5.86. The van der Waals surface area contributed by atoms with E-state index in [2.05, 4.69) is 10.2 Å². The number of allylic oxidation sites excluding steroid dienone is 2. The second-order valence-corrected chi connectivity index (χ2v) is 7.96. The fourth-order valence-corrected chi connectivity index (χ4v) is 2.99. The van der Waals surface area contributed by atoms with Crippen molar-refractivity contribution in [2.24, 2.45) is 20.8 Å². The summed E-state index contributed by atoms with van der Waals surface area (Å²) in [7, 11) is -3.75. The van der Waals surface area contributed by atoms with E-state index < -0.39 is 33.3 Å². The Hall–Kier alpha value is -3.44. The Bertz CT molecular complexity index is 1100. The van der Waals surface area contributed by atoms with Crippen molar-refractivity contribution in [1.29, 1.82) is 0 Å². The second-order valence-electron chi connectivity index (χ2n) is 6.40. The lowest BCUT2D eigenvalue weighted by atomic mass is 9.80. The number of primary sulfonamides is 1. The van der Waals surface area contributed by atoms with Gasteiger partial charge in [-0.25, -0.2) is 18.4 Å². The van der Waals surface area contributed by atoms with Crippen LogP contribution in [0.1, 0.15) is 18.9 Å². The maximum Gasteiger partial charge on any atom is 0.331 e. The molecule has 4 N–H and O–H groups in total. The lowest BCUT2D eigenvalue weighted by Gasteiger charge is -2.23. The van der Waals surface area contributed by atoms with Gasteiger partial charge in [-0.15, -0.1) is 10.2 Å². The number of hydrogen-bond acceptors (Lipinski definition) is 6. The van der Waals surface area contributed by atoms with Crippen LogP contribution in [0.15, 0.2) is 69.3 Å². The minimum Gasteiger partial charge on any atom is -0.481 e. The van der Waals surface area contributed by atoms with Gasteiger partial charge in [0.25, 0.3) is 5.91 Å². The van der Waals surface area contributed by atoms with E-state index in [-0.39, 0.29) is 16.9 Å². The average molecular weight is 419 g/mol. The third kappa shape index (κ3) is 5.53. The highest BCUT2D eigenvalue weighted by Gasteiger charge is 2.34. The van der Waals surface area contributed by atoms with Gasteiger partial charge in [-0.05, 0) is 25.5 Å². The number of sulfonamides is 1. The van der Waals surface area contributed by atoms with E-state index in [1.54, 1.807) is 6.07 Å². The Morgan fingerprint density at radius 2 is 1.90 bits per heavy atom. The molecule has 1 heterocycles. The molecule has 2 aliphatic rings. The summed E-state index contributed by atoms with van der Waals surface area (Å²) in [6.45, 7) is 1.50. The van der Waals surface area contributed by atoms with Crippen LogP contribution in [0.2, 0.25) is 0 Å². The van der Waals surface area contributed by atoms with Crippen molar-refractivity contribution in [3.63, 3.8) is 0 Å². The molecule has 1 aromatic carbocycles. The number of hydrogen-bond donors (Lipinski definition) is 3. The summed E-state index contributed by atoms with van der Waals surface area (Å²) in [5.41, 5.74) is -0.133. The number of nitrogens with zero attached hydrogens (tertiary/aromatic N) is 2. The molecule has 1 atom stereocenters. The van der Waals surface area contributed by atoms with Crippen molar-refractivity contribution in [1.82, 2.24) is 0 Å². The van der Waals surface area contributed by atoms with E-state index in [1.807, 2.05) is 0 Å². The molecule has 10 nitrogen and oxygen atoms in total. The van der Waals surface area contributed by atoms with Gasteiger partial charge < -0.3 is 10.2 Å². The molecular formula is C18H17N3O7S. The van der Waals surface area contributed by atoms with Crippen LogP contribution in [0.25, 0.3) is 5.70 Å². The fraction of sp³-hybridized carbons (Fsp3) is 0.167. The van der Waals surface area contributed by atoms with Crippen molar-refractivity contribution >= 4 is 33.6 Å². The van der Waals surface area contributed by atoms with Gasteiger partial charge in [0.05, 0.1) is 16.0 Å². The van der Waals surface area contributed by atoms with Crippen LogP contribution in [0.3, 0.4) is 0 Å². The summed E-state index contributed by atoms with van der Waals surface area (Å²) in [5, 5.41) is 29.4. The van der Waals surface area contributed by atoms with E-state index in [0.29, 0.717) is 11.3 Å². The highest BCUT2D eigenvalue weighted by atomic mass is 32.2. The van der Waals surface area contributed by atoms with Crippen molar-refractivity contribution in [3.8, 4) is 0 Å². The summed E-state index contributed by atoms with van der Waals surface area (Å²) in [4.78, 5) is 32.1. The normalized spacial score (nSPS) is 20.4. The zero-order valence-electron chi connectivity index (χ0n) is 15.1. The van der Waals surface area contributed by atoms with Gasteiger partial charge >= 0.3 is 11.9 Å². The number of benzene rings is 1. The Kier molecular flexibility index (Phi) is 6.25. The standard InChI is InChI=1S/C9H7N3O3S.C9H10O4/c10-16(14,15)7-3-1-2-6(4-7)8-5-9(13)12-11-8;1-9(8(12)13)4-2-3-6(5-9)7(10)11/h1-5H,(H2,10,14,15);2-4H,5H2,1H3,(H,10,11)(H,12,13). The second kappa shape index (κ2) is 8.29. The third-order valence-electron chi connectivity index (χ3n) is 4.06. The molecule has 3 rings (SSSR count). The number of carbonyl (C=O) groups is 3. The monoisotopic (exact) mass is 419 g/mol. The third-order valence-corrected chi connectivity index (χ3v) is 4.97. The predicted octanol–water partition coefficient (Wildman–Crippen LogP) is 1.72. The summed E-state index contributed by atoms with van der Waals surface area (Å²) in [5.74, 6) is -2.52. The molecule has 1 aliphatic heterocycles. The Morgan fingerprint density at radius 3 is 2.41 bits per heavy atom. The summed E-state index contributed by atoms with van der Waals surface area (Å²) in [6.07, 6.45) is 5.66. The topological polar surface area (TPSA) is 177 Å². The Morgan fingerprint density at radius 1 is 1.21 bits per heavy atom. The van der Waals surface area contributed by atoms with Crippen LogP contribution in [0.5, 0.6) is 0 Å². The smallest absolute Gasteiger partial charge is 0.331 e. The van der Waals surface area contributed by atoms with E-state index in [9.17, 15) is 22.8 Å². The molecule has 1 aromatic rings. The first-order valence-corrected chi connectivity index (χ1v) is 9.63. The number of nitrogens with two attached hydrogens (primary N) is 1. The van der Waals surface area contributed by atoms with Gasteiger partial charge in [-0.1, -0.05) is 30.4 Å². The van der Waals surface area contributed by atoms with Crippen molar-refractivity contribution in [3.05, 3.63) is 59.7 Å². The number of rotatable bonds is 4. The summed E-state index contributed by atoms with van der Waals surface area (Å²) >= 11 is 0. The van der Waals surface area contributed by atoms with E-state index in [4.69, 9.17) is 15.4 Å². The highest BCUT2D eigenvalue weighted by Crippen LogP contribution is 2.31. The van der Waals surface area contributed by atoms with Crippen LogP contribution < -0.4 is 5.14 Å². The molecule has 152 valence electrons. The molecule has 0 bridgehead atoms. The van der Waals surface area contributed by atoms with Gasteiger partial charge in [-0.2, -0.15) is 0 Å². The van der Waals surface area contributed by atoms with Gasteiger partial charge in [0, 0.05) is 17.2 Å². The van der Waals surface area contributed by atoms with E-state index >= 15 is 0 Å². The van der Waals surface area contributed by atoms with Crippen LogP contribution in [-0.2, 0) is 24.4 Å². The largest absolute Gasteiger partial charge is 0.481 e. The molecule has 11 heteroatoms. The summed E-state index contributed by atoms with van der Waals surface area (Å²) < 4.78 is 22.2. The zero-order chi connectivity index (χ0) is 21.8. The molecular weight excluding hydrogens is 402 g/mol. The quantitative estimate of drug-likeness (QED) is 0.665. The SMILES string of the molecule is CC1(C(=O)O)C=CC=C(C(=O)O)C1.NS(=O)(=O)c1cccc(C2=CC(=O)N=N2)c1. The van der Waals surface area contributed by atoms with Gasteiger partial charge in [-0.3, -0.25) is 9.59 Å². The first-order valence-electron chi connectivity index (χ1n) is 8.08. The molecule has 0 spiro atoms. The van der Waals surface area contributed by atoms with E-state index in [0.717, 1.165) is 0 Å². The number of aliphatic carboxylic acids is 2. The number of carboxylic acid groups (broad SMARTS) is 2. The lowest BCUT2D eigenvalue weighted by Crippen LogP contribution is -2.28. The van der Waals surface area contributed by atoms with Gasteiger partial charge in [0.15, 0.2) is 0 Å². The van der Waals surface area contributed by atoms with Crippen LogP contribution in [0.4, 0.5) is 0 Å². The molecule has 29 heavy (non-hydrogen) atoms.